The second-order valence-corrected chi connectivity index (χ2v) is 7.49. The lowest BCUT2D eigenvalue weighted by Crippen LogP contribution is -2.52. The van der Waals surface area contributed by atoms with E-state index in [1.54, 1.807) is 0 Å². The minimum Gasteiger partial charge on any atom is -0.351 e. The fourth-order valence-corrected chi connectivity index (χ4v) is 4.32. The number of sulfone groups is 1. The van der Waals surface area contributed by atoms with Crippen LogP contribution in [-0.2, 0) is 19.4 Å². The zero-order chi connectivity index (χ0) is 15.8. The smallest absolute Gasteiger partial charge is 0.351 e. The first kappa shape index (κ1) is 16.1. The van der Waals surface area contributed by atoms with Crippen molar-refractivity contribution in [3.8, 4) is 0 Å². The summed E-state index contributed by atoms with van der Waals surface area (Å²) in [5.74, 6) is -3.00. The summed E-state index contributed by atoms with van der Waals surface area (Å²) in [4.78, 5) is 23.7. The van der Waals surface area contributed by atoms with Crippen molar-refractivity contribution in [2.24, 2.45) is 0 Å². The molecule has 2 fully saturated rings. The molecule has 10 heteroatoms. The summed E-state index contributed by atoms with van der Waals surface area (Å²) < 4.78 is 59.9. The number of amides is 2. The normalized spacial score (nSPS) is 28.6. The third-order valence-corrected chi connectivity index (χ3v) is 5.41. The Kier molecular flexibility index (Phi) is 4.18. The number of likely N-dealkylation sites (tertiary alicyclic amines) is 1. The molecule has 21 heavy (non-hydrogen) atoms. The van der Waals surface area contributed by atoms with Gasteiger partial charge in [0, 0.05) is 12.6 Å². The van der Waals surface area contributed by atoms with Crippen molar-refractivity contribution in [2.75, 3.05) is 18.1 Å². The van der Waals surface area contributed by atoms with Crippen LogP contribution in [0.15, 0.2) is 0 Å². The van der Waals surface area contributed by atoms with Gasteiger partial charge in [-0.1, -0.05) is 0 Å². The number of rotatable bonds is 2. The lowest BCUT2D eigenvalue weighted by Gasteiger charge is -2.25. The van der Waals surface area contributed by atoms with Crippen LogP contribution in [0.1, 0.15) is 19.3 Å². The Morgan fingerprint density at radius 3 is 2.38 bits per heavy atom. The number of alkyl halides is 3. The van der Waals surface area contributed by atoms with E-state index in [1.165, 1.54) is 0 Å². The molecule has 0 aromatic rings. The Bertz CT molecular complexity index is 546. The molecule has 1 N–H and O–H groups in total. The molecule has 2 amide bonds. The Morgan fingerprint density at radius 1 is 1.19 bits per heavy atom. The van der Waals surface area contributed by atoms with Crippen LogP contribution in [0.5, 0.6) is 0 Å². The molecule has 0 spiro atoms. The standard InChI is InChI=1S/C11H15F3N2O4S/c12-11(13,14)10(18)16-4-1-2-8(16)9(17)15-7-3-5-21(19,20)6-7/h7-8H,1-6H2,(H,15,17). The highest BCUT2D eigenvalue weighted by Crippen LogP contribution is 2.26. The number of nitrogens with zero attached hydrogens (tertiary/aromatic N) is 1. The van der Waals surface area contributed by atoms with E-state index in [-0.39, 0.29) is 30.9 Å². The van der Waals surface area contributed by atoms with Gasteiger partial charge in [0.05, 0.1) is 11.5 Å². The van der Waals surface area contributed by atoms with Gasteiger partial charge in [-0.3, -0.25) is 9.59 Å². The molecule has 2 saturated heterocycles. The monoisotopic (exact) mass is 328 g/mol. The van der Waals surface area contributed by atoms with E-state index in [0.29, 0.717) is 11.3 Å². The van der Waals surface area contributed by atoms with Crippen LogP contribution in [-0.4, -0.2) is 61.4 Å². The summed E-state index contributed by atoms with van der Waals surface area (Å²) in [6.07, 6.45) is -4.32. The Morgan fingerprint density at radius 2 is 1.86 bits per heavy atom. The van der Waals surface area contributed by atoms with Crippen LogP contribution in [0.3, 0.4) is 0 Å². The van der Waals surface area contributed by atoms with Gasteiger partial charge < -0.3 is 10.2 Å². The van der Waals surface area contributed by atoms with Crippen molar-refractivity contribution in [1.29, 1.82) is 0 Å². The van der Waals surface area contributed by atoms with E-state index in [0.717, 1.165) is 0 Å². The lowest BCUT2D eigenvalue weighted by atomic mass is 10.1. The predicted molar refractivity (Wildman–Crippen MR) is 66.0 cm³/mol. The minimum absolute atomic E-state index is 0.0478. The lowest BCUT2D eigenvalue weighted by molar-refractivity contribution is -0.186. The van der Waals surface area contributed by atoms with Crippen LogP contribution in [0.2, 0.25) is 0 Å². The van der Waals surface area contributed by atoms with E-state index in [1.807, 2.05) is 0 Å². The van der Waals surface area contributed by atoms with E-state index >= 15 is 0 Å². The van der Waals surface area contributed by atoms with Crippen molar-refractivity contribution in [3.63, 3.8) is 0 Å². The maximum atomic E-state index is 12.4. The summed E-state index contributed by atoms with van der Waals surface area (Å²) in [5.41, 5.74) is 0. The molecule has 2 heterocycles. The molecule has 6 nitrogen and oxygen atoms in total. The quantitative estimate of drug-likeness (QED) is 0.764. The van der Waals surface area contributed by atoms with Gasteiger partial charge in [0.1, 0.15) is 6.04 Å². The van der Waals surface area contributed by atoms with E-state index in [4.69, 9.17) is 0 Å². The molecule has 0 aliphatic carbocycles. The predicted octanol–water partition coefficient (Wildman–Crippen LogP) is -0.157. The zero-order valence-electron chi connectivity index (χ0n) is 11.0. The van der Waals surface area contributed by atoms with Gasteiger partial charge in [0.2, 0.25) is 5.91 Å². The Labute approximate surface area is 119 Å². The summed E-state index contributed by atoms with van der Waals surface area (Å²) in [6.45, 7) is -0.126. The Balaban J connectivity index is 2.00. The van der Waals surface area contributed by atoms with Crippen LogP contribution in [0.25, 0.3) is 0 Å². The topological polar surface area (TPSA) is 83.6 Å². The number of halogens is 3. The van der Waals surface area contributed by atoms with E-state index < -0.39 is 39.9 Å². The zero-order valence-corrected chi connectivity index (χ0v) is 11.8. The number of hydrogen-bond donors (Lipinski definition) is 1. The molecule has 0 saturated carbocycles. The SMILES string of the molecule is O=C(NC1CCS(=O)(=O)C1)C1CCCN1C(=O)C(F)(F)F. The second kappa shape index (κ2) is 5.47. The highest BCUT2D eigenvalue weighted by Gasteiger charge is 2.48. The molecule has 2 aliphatic heterocycles. The third kappa shape index (κ3) is 3.66. The molecule has 120 valence electrons. The van der Waals surface area contributed by atoms with Gasteiger partial charge in [-0.2, -0.15) is 13.2 Å². The molecule has 0 aromatic heterocycles. The van der Waals surface area contributed by atoms with Crippen molar-refractivity contribution in [2.45, 2.75) is 37.5 Å². The van der Waals surface area contributed by atoms with Gasteiger partial charge in [0.25, 0.3) is 0 Å². The average molecular weight is 328 g/mol. The number of carbonyl (C=O) groups is 2. The highest BCUT2D eigenvalue weighted by molar-refractivity contribution is 7.91. The van der Waals surface area contributed by atoms with Crippen LogP contribution in [0.4, 0.5) is 13.2 Å². The first-order valence-corrected chi connectivity index (χ1v) is 8.31. The summed E-state index contributed by atoms with van der Waals surface area (Å²) in [6, 6.07) is -1.77. The maximum absolute atomic E-state index is 12.4. The van der Waals surface area contributed by atoms with Gasteiger partial charge in [-0.15, -0.1) is 0 Å². The average Bonchev–Trinajstić information content (AvgIpc) is 2.93. The molecule has 2 unspecified atom stereocenters. The first-order chi connectivity index (χ1) is 9.60. The maximum Gasteiger partial charge on any atom is 0.471 e. The van der Waals surface area contributed by atoms with Gasteiger partial charge >= 0.3 is 12.1 Å². The third-order valence-electron chi connectivity index (χ3n) is 3.64. The van der Waals surface area contributed by atoms with Crippen LogP contribution >= 0.6 is 0 Å². The van der Waals surface area contributed by atoms with Crippen LogP contribution in [0, 0.1) is 0 Å². The largest absolute Gasteiger partial charge is 0.471 e. The van der Waals surface area contributed by atoms with Crippen molar-refractivity contribution in [3.05, 3.63) is 0 Å². The van der Waals surface area contributed by atoms with Crippen molar-refractivity contribution < 1.29 is 31.2 Å². The van der Waals surface area contributed by atoms with E-state index in [9.17, 15) is 31.2 Å². The summed E-state index contributed by atoms with van der Waals surface area (Å²) in [7, 11) is -3.19. The van der Waals surface area contributed by atoms with Crippen molar-refractivity contribution in [1.82, 2.24) is 10.2 Å². The minimum atomic E-state index is -5.01. The highest BCUT2D eigenvalue weighted by atomic mass is 32.2. The molecule has 2 atom stereocenters. The Hall–Kier alpha value is -1.32. The second-order valence-electron chi connectivity index (χ2n) is 5.26. The van der Waals surface area contributed by atoms with Gasteiger partial charge in [-0.05, 0) is 19.3 Å². The molecule has 2 rings (SSSR count). The molecule has 0 bridgehead atoms. The molecule has 2 aliphatic rings. The van der Waals surface area contributed by atoms with Gasteiger partial charge in [-0.25, -0.2) is 8.42 Å². The number of hydrogen-bond acceptors (Lipinski definition) is 4. The van der Waals surface area contributed by atoms with Crippen LogP contribution < -0.4 is 5.32 Å². The summed E-state index contributed by atoms with van der Waals surface area (Å²) in [5, 5.41) is 2.43. The number of carbonyl (C=O) groups excluding carboxylic acids is 2. The summed E-state index contributed by atoms with van der Waals surface area (Å²) >= 11 is 0. The van der Waals surface area contributed by atoms with E-state index in [2.05, 4.69) is 5.32 Å². The molecule has 0 radical (unpaired) electrons. The fraction of sp³-hybridized carbons (Fsp3) is 0.818. The number of nitrogens with one attached hydrogen (secondary N) is 1. The molecular formula is C11H15F3N2O4S. The first-order valence-electron chi connectivity index (χ1n) is 6.49. The molecular weight excluding hydrogens is 313 g/mol. The van der Waals surface area contributed by atoms with Crippen molar-refractivity contribution >= 4 is 21.7 Å². The fourth-order valence-electron chi connectivity index (χ4n) is 2.65. The van der Waals surface area contributed by atoms with Gasteiger partial charge in [0.15, 0.2) is 9.84 Å². The molecule has 0 aromatic carbocycles.